The summed E-state index contributed by atoms with van der Waals surface area (Å²) in [6.07, 6.45) is 1.29. The lowest BCUT2D eigenvalue weighted by Crippen LogP contribution is -2.60. The summed E-state index contributed by atoms with van der Waals surface area (Å²) in [7, 11) is 0. The van der Waals surface area contributed by atoms with E-state index in [1.165, 1.54) is 19.3 Å². The first-order chi connectivity index (χ1) is 11.5. The maximum absolute atomic E-state index is 10.3. The molecule has 1 aliphatic rings. The Bertz CT molecular complexity index is 357. The number of amidine groups is 1. The van der Waals surface area contributed by atoms with Crippen LogP contribution in [0.3, 0.4) is 0 Å². The van der Waals surface area contributed by atoms with Crippen LogP contribution in [0.5, 0.6) is 0 Å². The zero-order valence-corrected chi connectivity index (χ0v) is 14.4. The third kappa shape index (κ3) is 7.00. The maximum atomic E-state index is 10.3. The number of hydrogen-bond donors (Lipinski definition) is 5. The van der Waals surface area contributed by atoms with E-state index in [1.54, 1.807) is 0 Å². The van der Waals surface area contributed by atoms with Gasteiger partial charge in [0.15, 0.2) is 6.29 Å². The SMILES string of the molecule is CCCCCCCCO[C@@H]1O[C@H](CO)[C@H](O)[C@H](OCC(=N)N)[C@H]1O. The van der Waals surface area contributed by atoms with Crippen LogP contribution in [0.15, 0.2) is 0 Å². The molecule has 0 spiro atoms. The van der Waals surface area contributed by atoms with Crippen molar-refractivity contribution in [3.05, 3.63) is 0 Å². The number of aliphatic hydroxyl groups is 3. The molecule has 0 saturated carbocycles. The number of unbranched alkanes of at least 4 members (excludes halogenated alkanes) is 5. The van der Waals surface area contributed by atoms with Crippen molar-refractivity contribution < 1.29 is 29.5 Å². The highest BCUT2D eigenvalue weighted by Gasteiger charge is 2.45. The molecule has 0 aliphatic carbocycles. The standard InChI is InChI=1S/C16H32N2O6/c1-2-3-4-5-6-7-8-22-16-14(21)15(23-10-12(17)18)13(20)11(9-19)24-16/h11,13-16,19-21H,2-10H2,1H3,(H3,17,18)/t11-,13+,14-,15+,16-/m1/s1. The van der Waals surface area contributed by atoms with Gasteiger partial charge in [-0.25, -0.2) is 0 Å². The molecule has 0 unspecified atom stereocenters. The quantitative estimate of drug-likeness (QED) is 0.192. The molecule has 1 rings (SSSR count). The minimum atomic E-state index is -1.22. The van der Waals surface area contributed by atoms with Crippen molar-refractivity contribution in [2.75, 3.05) is 19.8 Å². The van der Waals surface area contributed by atoms with Crippen molar-refractivity contribution in [3.8, 4) is 0 Å². The molecular weight excluding hydrogens is 316 g/mol. The summed E-state index contributed by atoms with van der Waals surface area (Å²) in [6, 6.07) is 0. The molecule has 0 bridgehead atoms. The number of aliphatic hydroxyl groups excluding tert-OH is 3. The van der Waals surface area contributed by atoms with Crippen LogP contribution in [0.2, 0.25) is 0 Å². The Hall–Kier alpha value is -0.770. The molecule has 0 radical (unpaired) electrons. The zero-order valence-electron chi connectivity index (χ0n) is 14.4. The van der Waals surface area contributed by atoms with E-state index in [1.807, 2.05) is 0 Å². The number of nitrogens with two attached hydrogens (primary N) is 1. The van der Waals surface area contributed by atoms with Gasteiger partial charge >= 0.3 is 0 Å². The van der Waals surface area contributed by atoms with Gasteiger partial charge in [-0.3, -0.25) is 5.41 Å². The van der Waals surface area contributed by atoms with Gasteiger partial charge < -0.3 is 35.3 Å². The number of nitrogens with one attached hydrogen (secondary N) is 1. The first-order valence-electron chi connectivity index (χ1n) is 8.69. The highest BCUT2D eigenvalue weighted by molar-refractivity contribution is 5.78. The van der Waals surface area contributed by atoms with E-state index in [2.05, 4.69) is 6.92 Å². The van der Waals surface area contributed by atoms with E-state index >= 15 is 0 Å². The molecule has 1 fully saturated rings. The van der Waals surface area contributed by atoms with Crippen LogP contribution >= 0.6 is 0 Å². The molecule has 1 heterocycles. The number of rotatable bonds is 12. The van der Waals surface area contributed by atoms with E-state index < -0.39 is 37.3 Å². The average molecular weight is 348 g/mol. The third-order valence-corrected chi connectivity index (χ3v) is 4.03. The largest absolute Gasteiger partial charge is 0.394 e. The van der Waals surface area contributed by atoms with Gasteiger partial charge in [0.25, 0.3) is 0 Å². The van der Waals surface area contributed by atoms with Crippen LogP contribution in [0.4, 0.5) is 0 Å². The number of ether oxygens (including phenoxy) is 3. The lowest BCUT2D eigenvalue weighted by molar-refractivity contribution is -0.306. The van der Waals surface area contributed by atoms with Crippen LogP contribution in [0, 0.1) is 5.41 Å². The molecule has 1 aliphatic heterocycles. The highest BCUT2D eigenvalue weighted by atomic mass is 16.7. The van der Waals surface area contributed by atoms with Crippen LogP contribution in [-0.4, -0.2) is 71.7 Å². The molecule has 24 heavy (non-hydrogen) atoms. The highest BCUT2D eigenvalue weighted by Crippen LogP contribution is 2.24. The topological polar surface area (TPSA) is 138 Å². The van der Waals surface area contributed by atoms with Crippen molar-refractivity contribution in [3.63, 3.8) is 0 Å². The first kappa shape index (κ1) is 21.3. The Morgan fingerprint density at radius 2 is 1.75 bits per heavy atom. The van der Waals surface area contributed by atoms with E-state index in [0.29, 0.717) is 6.61 Å². The Morgan fingerprint density at radius 3 is 2.38 bits per heavy atom. The molecule has 8 heteroatoms. The number of hydrogen-bond acceptors (Lipinski definition) is 7. The third-order valence-electron chi connectivity index (χ3n) is 4.03. The molecule has 0 amide bonds. The predicted octanol–water partition coefficient (Wildman–Crippen LogP) is 0.124. The van der Waals surface area contributed by atoms with Gasteiger partial charge in [-0.15, -0.1) is 0 Å². The summed E-state index contributed by atoms with van der Waals surface area (Å²) in [5.41, 5.74) is 5.23. The molecule has 0 aromatic carbocycles. The average Bonchev–Trinajstić information content (AvgIpc) is 2.55. The summed E-state index contributed by atoms with van der Waals surface area (Å²) in [6.45, 7) is 1.94. The Balaban J connectivity index is 2.42. The van der Waals surface area contributed by atoms with E-state index in [4.69, 9.17) is 25.4 Å². The predicted molar refractivity (Wildman–Crippen MR) is 88.7 cm³/mol. The smallest absolute Gasteiger partial charge is 0.186 e. The molecule has 1 saturated heterocycles. The Morgan fingerprint density at radius 1 is 1.08 bits per heavy atom. The monoisotopic (exact) mass is 348 g/mol. The molecule has 0 aromatic heterocycles. The Kier molecular flexibility index (Phi) is 10.4. The Labute approximate surface area is 143 Å². The van der Waals surface area contributed by atoms with Crippen LogP contribution in [0.25, 0.3) is 0 Å². The van der Waals surface area contributed by atoms with Crippen molar-refractivity contribution in [1.29, 1.82) is 5.41 Å². The summed E-state index contributed by atoms with van der Waals surface area (Å²) in [5, 5.41) is 36.8. The molecule has 8 nitrogen and oxygen atoms in total. The van der Waals surface area contributed by atoms with Gasteiger partial charge in [0, 0.05) is 6.61 Å². The maximum Gasteiger partial charge on any atom is 0.186 e. The van der Waals surface area contributed by atoms with Crippen molar-refractivity contribution in [2.24, 2.45) is 5.73 Å². The summed E-state index contributed by atoms with van der Waals surface area (Å²) in [4.78, 5) is 0. The lowest BCUT2D eigenvalue weighted by atomic mass is 9.99. The van der Waals surface area contributed by atoms with Gasteiger partial charge in [-0.2, -0.15) is 0 Å². The fourth-order valence-electron chi connectivity index (χ4n) is 2.66. The second-order valence-electron chi connectivity index (χ2n) is 6.15. The minimum absolute atomic E-state index is 0.217. The summed E-state index contributed by atoms with van der Waals surface area (Å²) < 4.78 is 16.2. The van der Waals surface area contributed by atoms with Gasteiger partial charge in [-0.1, -0.05) is 39.0 Å². The van der Waals surface area contributed by atoms with E-state index in [-0.39, 0.29) is 12.4 Å². The molecule has 5 atom stereocenters. The van der Waals surface area contributed by atoms with Crippen molar-refractivity contribution in [1.82, 2.24) is 0 Å². The van der Waals surface area contributed by atoms with Crippen molar-refractivity contribution >= 4 is 5.84 Å². The second-order valence-corrected chi connectivity index (χ2v) is 6.15. The zero-order chi connectivity index (χ0) is 17.9. The molecular formula is C16H32N2O6. The van der Waals surface area contributed by atoms with E-state index in [9.17, 15) is 15.3 Å². The second kappa shape index (κ2) is 11.7. The van der Waals surface area contributed by atoms with Gasteiger partial charge in [0.05, 0.1) is 6.61 Å². The molecule has 142 valence electrons. The van der Waals surface area contributed by atoms with Crippen LogP contribution in [-0.2, 0) is 14.2 Å². The fraction of sp³-hybridized carbons (Fsp3) is 0.938. The normalized spacial score (nSPS) is 30.4. The van der Waals surface area contributed by atoms with Gasteiger partial charge in [0.2, 0.25) is 0 Å². The first-order valence-corrected chi connectivity index (χ1v) is 8.69. The fourth-order valence-corrected chi connectivity index (χ4v) is 2.66. The van der Waals surface area contributed by atoms with Crippen molar-refractivity contribution in [2.45, 2.75) is 76.2 Å². The summed E-state index contributed by atoms with van der Waals surface area (Å²) >= 11 is 0. The lowest BCUT2D eigenvalue weighted by Gasteiger charge is -2.41. The van der Waals surface area contributed by atoms with Gasteiger partial charge in [0.1, 0.15) is 36.9 Å². The summed E-state index contributed by atoms with van der Waals surface area (Å²) in [5.74, 6) is -0.217. The molecule has 0 aromatic rings. The van der Waals surface area contributed by atoms with Gasteiger partial charge in [-0.05, 0) is 6.42 Å². The minimum Gasteiger partial charge on any atom is -0.394 e. The van der Waals surface area contributed by atoms with E-state index in [0.717, 1.165) is 19.3 Å². The van der Waals surface area contributed by atoms with Crippen LogP contribution < -0.4 is 5.73 Å². The van der Waals surface area contributed by atoms with Crippen LogP contribution in [0.1, 0.15) is 45.4 Å². The molecule has 6 N–H and O–H groups in total.